The third-order valence-electron chi connectivity index (χ3n) is 1.39. The van der Waals surface area contributed by atoms with Crippen LogP contribution in [-0.4, -0.2) is 31.8 Å². The molecule has 0 fully saturated rings. The van der Waals surface area contributed by atoms with Crippen LogP contribution >= 0.6 is 0 Å². The van der Waals surface area contributed by atoms with Crippen molar-refractivity contribution < 1.29 is 9.59 Å². The molecule has 1 atom stereocenters. The Bertz CT molecular complexity index is 277. The van der Waals surface area contributed by atoms with Crippen molar-refractivity contribution in [2.75, 3.05) is 14.1 Å². The van der Waals surface area contributed by atoms with Gasteiger partial charge in [0.1, 0.15) is 12.3 Å². The van der Waals surface area contributed by atoms with Crippen LogP contribution in [0.3, 0.4) is 0 Å². The molecule has 2 N–H and O–H groups in total. The zero-order chi connectivity index (χ0) is 11.5. The highest BCUT2D eigenvalue weighted by molar-refractivity contribution is 5.65. The van der Waals surface area contributed by atoms with Gasteiger partial charge < -0.3 is 15.4 Å². The number of aldehydes is 1. The first-order chi connectivity index (χ1) is 7.29. The van der Waals surface area contributed by atoms with Gasteiger partial charge in [-0.15, -0.1) is 0 Å². The lowest BCUT2D eigenvalue weighted by Crippen LogP contribution is -2.21. The number of rotatable bonds is 4. The van der Waals surface area contributed by atoms with Gasteiger partial charge in [0, 0.05) is 6.20 Å². The van der Waals surface area contributed by atoms with Crippen LogP contribution in [0.1, 0.15) is 11.7 Å². The van der Waals surface area contributed by atoms with Gasteiger partial charge in [-0.1, -0.05) is 6.07 Å². The van der Waals surface area contributed by atoms with E-state index in [1.54, 1.807) is 24.4 Å². The molecule has 0 aromatic carbocycles. The molecule has 0 spiro atoms. The highest BCUT2D eigenvalue weighted by Crippen LogP contribution is 2.04. The van der Waals surface area contributed by atoms with E-state index in [9.17, 15) is 9.59 Å². The molecule has 15 heavy (non-hydrogen) atoms. The predicted octanol–water partition coefficient (Wildman–Crippen LogP) is -0.0968. The van der Waals surface area contributed by atoms with Crippen LogP contribution in [0.15, 0.2) is 24.4 Å². The van der Waals surface area contributed by atoms with Gasteiger partial charge in [-0.25, -0.2) is 0 Å². The van der Waals surface area contributed by atoms with Gasteiger partial charge >= 0.3 is 0 Å². The van der Waals surface area contributed by atoms with Gasteiger partial charge in [0.2, 0.25) is 6.41 Å². The Balaban J connectivity index is 0.000000583. The Morgan fingerprint density at radius 1 is 1.33 bits per heavy atom. The van der Waals surface area contributed by atoms with E-state index < -0.39 is 6.04 Å². The summed E-state index contributed by atoms with van der Waals surface area (Å²) >= 11 is 0. The van der Waals surface area contributed by atoms with Crippen molar-refractivity contribution in [3.8, 4) is 0 Å². The van der Waals surface area contributed by atoms with Crippen molar-refractivity contribution >= 4 is 12.7 Å². The fraction of sp³-hybridized carbons (Fsp3) is 0.300. The van der Waals surface area contributed by atoms with Crippen molar-refractivity contribution in [3.05, 3.63) is 30.1 Å². The van der Waals surface area contributed by atoms with Gasteiger partial charge in [0.05, 0.1) is 5.69 Å². The minimum Gasteiger partial charge on any atom is -0.344 e. The van der Waals surface area contributed by atoms with Crippen LogP contribution in [0.4, 0.5) is 0 Å². The van der Waals surface area contributed by atoms with Crippen LogP contribution < -0.4 is 10.6 Å². The maximum Gasteiger partial charge on any atom is 0.208 e. The second-order valence-corrected chi connectivity index (χ2v) is 2.65. The Labute approximate surface area is 88.9 Å². The number of nitrogens with zero attached hydrogens (tertiary/aromatic N) is 1. The highest BCUT2D eigenvalue weighted by Gasteiger charge is 2.08. The van der Waals surface area contributed by atoms with E-state index in [1.807, 2.05) is 14.1 Å². The Morgan fingerprint density at radius 2 is 2.00 bits per heavy atom. The van der Waals surface area contributed by atoms with Crippen LogP contribution in [-0.2, 0) is 9.59 Å². The molecule has 0 aliphatic carbocycles. The lowest BCUT2D eigenvalue weighted by atomic mass is 10.2. The van der Waals surface area contributed by atoms with Crippen molar-refractivity contribution in [2.45, 2.75) is 6.04 Å². The molecule has 5 nitrogen and oxygen atoms in total. The summed E-state index contributed by atoms with van der Waals surface area (Å²) in [5.41, 5.74) is 0.541. The summed E-state index contributed by atoms with van der Waals surface area (Å²) < 4.78 is 0. The lowest BCUT2D eigenvalue weighted by Gasteiger charge is -2.06. The van der Waals surface area contributed by atoms with Gasteiger partial charge in [-0.3, -0.25) is 9.78 Å². The molecule has 5 heteroatoms. The van der Waals surface area contributed by atoms with Crippen LogP contribution in [0.2, 0.25) is 0 Å². The molecule has 1 amide bonds. The molecule has 0 saturated heterocycles. The molecule has 0 bridgehead atoms. The average molecular weight is 209 g/mol. The largest absolute Gasteiger partial charge is 0.344 e. The molecule has 0 saturated carbocycles. The number of hydrogen-bond donors (Lipinski definition) is 2. The quantitative estimate of drug-likeness (QED) is 0.679. The molecule has 1 aromatic rings. The summed E-state index contributed by atoms with van der Waals surface area (Å²) in [6.45, 7) is 0. The Morgan fingerprint density at radius 3 is 2.40 bits per heavy atom. The first-order valence-electron chi connectivity index (χ1n) is 4.44. The molecule has 1 unspecified atom stereocenters. The number of nitrogens with one attached hydrogen (secondary N) is 2. The zero-order valence-corrected chi connectivity index (χ0v) is 8.81. The topological polar surface area (TPSA) is 71.1 Å². The van der Waals surface area contributed by atoms with Gasteiger partial charge in [-0.05, 0) is 26.2 Å². The maximum atomic E-state index is 10.4. The SMILES string of the molecule is CNC.O=CNC(C=O)c1ccccn1. The summed E-state index contributed by atoms with van der Waals surface area (Å²) in [4.78, 5) is 24.4. The third-order valence-corrected chi connectivity index (χ3v) is 1.39. The average Bonchev–Trinajstić information content (AvgIpc) is 2.28. The van der Waals surface area contributed by atoms with E-state index in [0.29, 0.717) is 18.4 Å². The van der Waals surface area contributed by atoms with E-state index in [0.717, 1.165) is 0 Å². The van der Waals surface area contributed by atoms with Crippen molar-refractivity contribution in [3.63, 3.8) is 0 Å². The molecule has 0 aliphatic rings. The zero-order valence-electron chi connectivity index (χ0n) is 8.81. The molecular formula is C10H15N3O2. The fourth-order valence-electron chi connectivity index (χ4n) is 0.828. The first kappa shape index (κ1) is 13.2. The molecule has 0 radical (unpaired) electrons. The second-order valence-electron chi connectivity index (χ2n) is 2.65. The lowest BCUT2D eigenvalue weighted by molar-refractivity contribution is -0.115. The van der Waals surface area contributed by atoms with Gasteiger partial charge in [0.25, 0.3) is 0 Å². The predicted molar refractivity (Wildman–Crippen MR) is 57.2 cm³/mol. The Kier molecular flexibility index (Phi) is 7.80. The molecule has 82 valence electrons. The van der Waals surface area contributed by atoms with Crippen LogP contribution in [0.25, 0.3) is 0 Å². The third kappa shape index (κ3) is 5.53. The number of pyridine rings is 1. The maximum absolute atomic E-state index is 10.4. The summed E-state index contributed by atoms with van der Waals surface area (Å²) in [5, 5.41) is 5.09. The molecule has 1 heterocycles. The number of carbonyl (C=O) groups is 2. The molecule has 1 rings (SSSR count). The number of aromatic nitrogens is 1. The fourth-order valence-corrected chi connectivity index (χ4v) is 0.828. The van der Waals surface area contributed by atoms with E-state index in [4.69, 9.17) is 0 Å². The van der Waals surface area contributed by atoms with Crippen LogP contribution in [0.5, 0.6) is 0 Å². The Hall–Kier alpha value is -1.75. The highest BCUT2D eigenvalue weighted by atomic mass is 16.1. The normalized spacial score (nSPS) is 10.5. The standard InChI is InChI=1S/C8H8N2O2.C2H7N/c11-5-8(10-6-12)7-3-1-2-4-9-7;1-3-2/h1-6,8H,(H,10,12);3H,1-2H3. The van der Waals surface area contributed by atoms with E-state index >= 15 is 0 Å². The van der Waals surface area contributed by atoms with Crippen molar-refractivity contribution in [1.29, 1.82) is 0 Å². The summed E-state index contributed by atoms with van der Waals surface area (Å²) in [7, 11) is 3.75. The number of amides is 1. The molecular weight excluding hydrogens is 194 g/mol. The minimum atomic E-state index is -0.635. The van der Waals surface area contributed by atoms with Crippen LogP contribution in [0, 0.1) is 0 Å². The smallest absolute Gasteiger partial charge is 0.208 e. The molecule has 0 aliphatic heterocycles. The summed E-state index contributed by atoms with van der Waals surface area (Å²) in [5.74, 6) is 0. The minimum absolute atomic E-state index is 0.480. The van der Waals surface area contributed by atoms with Crippen molar-refractivity contribution in [1.82, 2.24) is 15.6 Å². The van der Waals surface area contributed by atoms with E-state index in [-0.39, 0.29) is 0 Å². The van der Waals surface area contributed by atoms with E-state index in [2.05, 4.69) is 15.6 Å². The van der Waals surface area contributed by atoms with Crippen molar-refractivity contribution in [2.24, 2.45) is 0 Å². The first-order valence-corrected chi connectivity index (χ1v) is 4.44. The van der Waals surface area contributed by atoms with Gasteiger partial charge in [0.15, 0.2) is 0 Å². The number of hydrogen-bond acceptors (Lipinski definition) is 4. The van der Waals surface area contributed by atoms with Gasteiger partial charge in [-0.2, -0.15) is 0 Å². The summed E-state index contributed by atoms with van der Waals surface area (Å²) in [6.07, 6.45) is 2.68. The summed E-state index contributed by atoms with van der Waals surface area (Å²) in [6, 6.07) is 4.54. The molecule has 1 aromatic heterocycles. The second kappa shape index (κ2) is 8.83. The number of carbonyl (C=O) groups excluding carboxylic acids is 2. The monoisotopic (exact) mass is 209 g/mol. The van der Waals surface area contributed by atoms with E-state index in [1.165, 1.54) is 0 Å².